The fourth-order valence-corrected chi connectivity index (χ4v) is 4.46. The lowest BCUT2D eigenvalue weighted by Crippen LogP contribution is -2.34. The number of methoxy groups -OCH3 is 2. The van der Waals surface area contributed by atoms with Gasteiger partial charge in [0.15, 0.2) is 11.5 Å². The number of ether oxygens (including phenoxy) is 2. The number of rotatable bonds is 5. The molecular formula is C29H26N2O4. The number of aromatic nitrogens is 1. The number of fused-ring (bicyclic) bond motifs is 1. The Morgan fingerprint density at radius 3 is 2.37 bits per heavy atom. The molecule has 0 radical (unpaired) electrons. The van der Waals surface area contributed by atoms with Crippen LogP contribution in [0.4, 0.5) is 0 Å². The summed E-state index contributed by atoms with van der Waals surface area (Å²) in [5.41, 5.74) is 5.18. The number of benzene rings is 3. The Morgan fingerprint density at radius 2 is 1.66 bits per heavy atom. The highest BCUT2D eigenvalue weighted by Crippen LogP contribution is 2.34. The molecule has 1 aliphatic heterocycles. The number of carbonyl (C=O) groups excluding carboxylic acids is 1. The van der Waals surface area contributed by atoms with Crippen molar-refractivity contribution < 1.29 is 19.4 Å². The van der Waals surface area contributed by atoms with Crippen LogP contribution in [0.5, 0.6) is 17.2 Å². The lowest BCUT2D eigenvalue weighted by atomic mass is 9.98. The molecule has 6 heteroatoms. The van der Waals surface area contributed by atoms with Crippen LogP contribution in [-0.4, -0.2) is 48.2 Å². The zero-order valence-corrected chi connectivity index (χ0v) is 19.7. The monoisotopic (exact) mass is 466 g/mol. The van der Waals surface area contributed by atoms with Gasteiger partial charge >= 0.3 is 0 Å². The molecule has 4 aromatic rings. The van der Waals surface area contributed by atoms with Gasteiger partial charge in [-0.2, -0.15) is 0 Å². The minimum atomic E-state index is -0.0219. The zero-order valence-electron chi connectivity index (χ0n) is 19.7. The van der Waals surface area contributed by atoms with Crippen molar-refractivity contribution in [3.63, 3.8) is 0 Å². The highest BCUT2D eigenvalue weighted by atomic mass is 16.5. The van der Waals surface area contributed by atoms with Crippen molar-refractivity contribution in [1.82, 2.24) is 9.88 Å². The van der Waals surface area contributed by atoms with Gasteiger partial charge in [0.05, 0.1) is 31.0 Å². The first-order valence-corrected chi connectivity index (χ1v) is 11.5. The summed E-state index contributed by atoms with van der Waals surface area (Å²) in [6, 6.07) is 22.4. The molecule has 6 nitrogen and oxygen atoms in total. The lowest BCUT2D eigenvalue weighted by molar-refractivity contribution is 0.0775. The number of amides is 1. The van der Waals surface area contributed by atoms with Crippen LogP contribution < -0.4 is 9.47 Å². The van der Waals surface area contributed by atoms with E-state index in [1.807, 2.05) is 65.6 Å². The second kappa shape index (κ2) is 9.50. The van der Waals surface area contributed by atoms with Crippen molar-refractivity contribution in [3.8, 4) is 28.5 Å². The molecule has 35 heavy (non-hydrogen) atoms. The smallest absolute Gasteiger partial charge is 0.254 e. The second-order valence-corrected chi connectivity index (χ2v) is 8.42. The molecule has 2 heterocycles. The van der Waals surface area contributed by atoms with Gasteiger partial charge in [0.2, 0.25) is 0 Å². The number of para-hydroxylation sites is 1. The van der Waals surface area contributed by atoms with Crippen LogP contribution >= 0.6 is 0 Å². The van der Waals surface area contributed by atoms with Crippen LogP contribution in [0.1, 0.15) is 22.3 Å². The summed E-state index contributed by atoms with van der Waals surface area (Å²) in [6.07, 6.45) is 2.84. The Balaban J connectivity index is 1.49. The van der Waals surface area contributed by atoms with Crippen LogP contribution in [0.15, 0.2) is 78.9 Å². The van der Waals surface area contributed by atoms with E-state index >= 15 is 0 Å². The van der Waals surface area contributed by atoms with Gasteiger partial charge in [0.25, 0.3) is 5.91 Å². The molecule has 0 saturated carbocycles. The number of pyridine rings is 1. The number of nitrogens with zero attached hydrogens (tertiary/aromatic N) is 2. The number of hydrogen-bond donors (Lipinski definition) is 1. The molecule has 176 valence electrons. The van der Waals surface area contributed by atoms with Gasteiger partial charge in [-0.25, -0.2) is 4.98 Å². The first-order chi connectivity index (χ1) is 17.1. The maximum Gasteiger partial charge on any atom is 0.254 e. The van der Waals surface area contributed by atoms with Gasteiger partial charge < -0.3 is 19.5 Å². The van der Waals surface area contributed by atoms with Crippen molar-refractivity contribution >= 4 is 22.4 Å². The number of aromatic hydroxyl groups is 1. The van der Waals surface area contributed by atoms with Gasteiger partial charge in [-0.05, 0) is 60.0 Å². The third kappa shape index (κ3) is 4.43. The summed E-state index contributed by atoms with van der Waals surface area (Å²) >= 11 is 0. The number of phenols is 1. The highest BCUT2D eigenvalue weighted by Gasteiger charge is 2.22. The average Bonchev–Trinajstić information content (AvgIpc) is 2.92. The van der Waals surface area contributed by atoms with E-state index in [1.165, 1.54) is 5.57 Å². The van der Waals surface area contributed by atoms with Crippen molar-refractivity contribution in [2.45, 2.75) is 6.42 Å². The summed E-state index contributed by atoms with van der Waals surface area (Å²) in [7, 11) is 3.20. The zero-order chi connectivity index (χ0) is 24.4. The molecule has 3 aromatic carbocycles. The highest BCUT2D eigenvalue weighted by molar-refractivity contribution is 6.07. The van der Waals surface area contributed by atoms with E-state index in [0.717, 1.165) is 28.5 Å². The maximum absolute atomic E-state index is 13.7. The molecule has 0 bridgehead atoms. The molecule has 0 atom stereocenters. The number of hydrogen-bond acceptors (Lipinski definition) is 5. The molecule has 1 aromatic heterocycles. The molecule has 1 amide bonds. The van der Waals surface area contributed by atoms with E-state index in [-0.39, 0.29) is 11.7 Å². The third-order valence-corrected chi connectivity index (χ3v) is 6.36. The molecule has 0 fully saturated rings. The summed E-state index contributed by atoms with van der Waals surface area (Å²) in [4.78, 5) is 20.4. The quantitative estimate of drug-likeness (QED) is 0.417. The van der Waals surface area contributed by atoms with E-state index in [1.54, 1.807) is 26.4 Å². The summed E-state index contributed by atoms with van der Waals surface area (Å²) in [6.45, 7) is 1.14. The van der Waals surface area contributed by atoms with Gasteiger partial charge in [0, 0.05) is 24.0 Å². The Morgan fingerprint density at radius 1 is 0.914 bits per heavy atom. The van der Waals surface area contributed by atoms with Crippen LogP contribution in [0.25, 0.3) is 27.7 Å². The second-order valence-electron chi connectivity index (χ2n) is 8.42. The SMILES string of the molecule is COc1ccc(-c2cc(C(=O)N3CC=C(c4ccc(O)cc4)CC3)c3ccccc3n2)cc1OC. The lowest BCUT2D eigenvalue weighted by Gasteiger charge is -2.27. The summed E-state index contributed by atoms with van der Waals surface area (Å²) in [5.74, 6) is 1.47. The van der Waals surface area contributed by atoms with E-state index in [9.17, 15) is 9.90 Å². The maximum atomic E-state index is 13.7. The number of phenolic OH excluding ortho intramolecular Hbond substituents is 1. The molecule has 1 aliphatic rings. The van der Waals surface area contributed by atoms with Gasteiger partial charge in [0.1, 0.15) is 5.75 Å². The average molecular weight is 467 g/mol. The third-order valence-electron chi connectivity index (χ3n) is 6.36. The van der Waals surface area contributed by atoms with Crippen LogP contribution in [0.2, 0.25) is 0 Å². The predicted molar refractivity (Wildman–Crippen MR) is 137 cm³/mol. The van der Waals surface area contributed by atoms with E-state index in [0.29, 0.717) is 35.8 Å². The summed E-state index contributed by atoms with van der Waals surface area (Å²) in [5, 5.41) is 10.4. The Bertz CT molecular complexity index is 1430. The van der Waals surface area contributed by atoms with Crippen LogP contribution in [0.3, 0.4) is 0 Å². The molecule has 0 spiro atoms. The number of carbonyl (C=O) groups is 1. The Labute approximate surface area is 204 Å². The standard InChI is InChI=1S/C29H26N2O4/c1-34-27-12-9-21(17-28(27)35-2)26-18-24(23-5-3-4-6-25(23)30-26)29(33)31-15-13-20(14-16-31)19-7-10-22(32)11-8-19/h3-13,17-18,32H,14-16H2,1-2H3. The van der Waals surface area contributed by atoms with Gasteiger partial charge in [-0.15, -0.1) is 0 Å². The first-order valence-electron chi connectivity index (χ1n) is 11.5. The van der Waals surface area contributed by atoms with E-state index in [4.69, 9.17) is 14.5 Å². The van der Waals surface area contributed by atoms with Crippen molar-refractivity contribution in [2.24, 2.45) is 0 Å². The molecule has 0 saturated heterocycles. The fraction of sp³-hybridized carbons (Fsp3) is 0.172. The predicted octanol–water partition coefficient (Wildman–Crippen LogP) is 5.55. The topological polar surface area (TPSA) is 71.9 Å². The van der Waals surface area contributed by atoms with E-state index in [2.05, 4.69) is 6.08 Å². The molecular weight excluding hydrogens is 440 g/mol. The molecule has 0 aliphatic carbocycles. The summed E-state index contributed by atoms with van der Waals surface area (Å²) < 4.78 is 10.8. The Hall–Kier alpha value is -4.32. The van der Waals surface area contributed by atoms with E-state index < -0.39 is 0 Å². The first kappa shape index (κ1) is 22.5. The van der Waals surface area contributed by atoms with Gasteiger partial charge in [-0.1, -0.05) is 36.4 Å². The van der Waals surface area contributed by atoms with Crippen molar-refractivity contribution in [2.75, 3.05) is 27.3 Å². The molecule has 5 rings (SSSR count). The van der Waals surface area contributed by atoms with Crippen molar-refractivity contribution in [3.05, 3.63) is 90.0 Å². The fourth-order valence-electron chi connectivity index (χ4n) is 4.46. The van der Waals surface area contributed by atoms with Crippen LogP contribution in [-0.2, 0) is 0 Å². The minimum absolute atomic E-state index is 0.0219. The molecule has 0 unspecified atom stereocenters. The van der Waals surface area contributed by atoms with Crippen molar-refractivity contribution in [1.29, 1.82) is 0 Å². The normalized spacial score (nSPS) is 13.4. The van der Waals surface area contributed by atoms with Crippen LogP contribution in [0, 0.1) is 0 Å². The minimum Gasteiger partial charge on any atom is -0.508 e. The van der Waals surface area contributed by atoms with Gasteiger partial charge in [-0.3, -0.25) is 4.79 Å². The molecule has 1 N–H and O–H groups in total. The Kier molecular flexibility index (Phi) is 6.10. The largest absolute Gasteiger partial charge is 0.508 e.